The highest BCUT2D eigenvalue weighted by Crippen LogP contribution is 2.33. The number of carbonyl (C=O) groups excluding carboxylic acids is 1. The van der Waals surface area contributed by atoms with Gasteiger partial charge in [-0.25, -0.2) is 9.50 Å². The number of hydrogen-bond donors (Lipinski definition) is 0. The summed E-state index contributed by atoms with van der Waals surface area (Å²) < 4.78 is 1.65. The molecule has 5 rings (SSSR count). The van der Waals surface area contributed by atoms with E-state index >= 15 is 0 Å². The third-order valence-electron chi connectivity index (χ3n) is 6.09. The zero-order chi connectivity index (χ0) is 22.2. The van der Waals surface area contributed by atoms with Crippen molar-refractivity contribution < 1.29 is 4.79 Å². The van der Waals surface area contributed by atoms with Gasteiger partial charge in [-0.15, -0.1) is 5.10 Å². The predicted molar refractivity (Wildman–Crippen MR) is 127 cm³/mol. The van der Waals surface area contributed by atoms with Crippen LogP contribution < -0.4 is 0 Å². The number of rotatable bonds is 5. The lowest BCUT2D eigenvalue weighted by molar-refractivity contribution is 0.0962. The van der Waals surface area contributed by atoms with Crippen LogP contribution in [0.2, 0.25) is 0 Å². The van der Waals surface area contributed by atoms with E-state index in [1.807, 2.05) is 6.20 Å². The van der Waals surface area contributed by atoms with Gasteiger partial charge in [-0.05, 0) is 41.9 Å². The molecule has 0 fully saturated rings. The molecule has 0 saturated carbocycles. The van der Waals surface area contributed by atoms with E-state index in [1.54, 1.807) is 16.3 Å². The number of fused-ring (bicyclic) bond motifs is 2. The third-order valence-corrected chi connectivity index (χ3v) is 7.00. The highest BCUT2D eigenvalue weighted by atomic mass is 32.2. The second-order valence-electron chi connectivity index (χ2n) is 8.87. The number of nitrogens with zero attached hydrogens (tertiary/aromatic N) is 4. The summed E-state index contributed by atoms with van der Waals surface area (Å²) >= 11 is 1.58. The second kappa shape index (κ2) is 8.51. The summed E-state index contributed by atoms with van der Waals surface area (Å²) in [5, 5.41) is 5.23. The highest BCUT2D eigenvalue weighted by molar-refractivity contribution is 7.98. The summed E-state index contributed by atoms with van der Waals surface area (Å²) in [7, 11) is 0. The average molecular weight is 443 g/mol. The van der Waals surface area contributed by atoms with Crippen LogP contribution in [0.1, 0.15) is 70.4 Å². The first-order chi connectivity index (χ1) is 15.5. The maximum absolute atomic E-state index is 12.9. The fourth-order valence-corrected chi connectivity index (χ4v) is 5.03. The topological polar surface area (TPSA) is 60.1 Å². The largest absolute Gasteiger partial charge is 0.294 e. The highest BCUT2D eigenvalue weighted by Gasteiger charge is 2.28. The van der Waals surface area contributed by atoms with Crippen LogP contribution in [0.15, 0.2) is 59.9 Å². The van der Waals surface area contributed by atoms with Crippen molar-refractivity contribution in [3.05, 3.63) is 88.2 Å². The average Bonchev–Trinajstić information content (AvgIpc) is 3.18. The minimum Gasteiger partial charge on any atom is -0.294 e. The molecule has 2 aromatic carbocycles. The monoisotopic (exact) mass is 442 g/mol. The van der Waals surface area contributed by atoms with E-state index < -0.39 is 0 Å². The van der Waals surface area contributed by atoms with E-state index in [1.165, 1.54) is 22.3 Å². The number of carbonyl (C=O) groups is 1. The number of ketones is 1. The fraction of sp³-hybridized carbons (Fsp3) is 0.308. The summed E-state index contributed by atoms with van der Waals surface area (Å²) in [6, 6.07) is 17.1. The Kier molecular flexibility index (Phi) is 5.55. The van der Waals surface area contributed by atoms with Crippen molar-refractivity contribution in [3.63, 3.8) is 0 Å². The number of aryl methyl sites for hydroxylation is 1. The maximum Gasteiger partial charge on any atom is 0.253 e. The Labute approximate surface area is 192 Å². The molecular weight excluding hydrogens is 416 g/mol. The quantitative estimate of drug-likeness (QED) is 0.368. The zero-order valence-corrected chi connectivity index (χ0v) is 19.4. The molecule has 0 radical (unpaired) electrons. The third kappa shape index (κ3) is 4.19. The smallest absolute Gasteiger partial charge is 0.253 e. The van der Waals surface area contributed by atoms with Gasteiger partial charge in [0.1, 0.15) is 0 Å². The van der Waals surface area contributed by atoms with Gasteiger partial charge in [0, 0.05) is 18.4 Å². The molecule has 0 spiro atoms. The molecule has 162 valence electrons. The molecule has 4 aromatic rings. The van der Waals surface area contributed by atoms with Gasteiger partial charge in [-0.2, -0.15) is 4.98 Å². The van der Waals surface area contributed by atoms with Crippen molar-refractivity contribution in [2.24, 2.45) is 0 Å². The summed E-state index contributed by atoms with van der Waals surface area (Å²) in [5.74, 6) is 2.14. The normalized spacial score (nSPS) is 16.0. The van der Waals surface area contributed by atoms with Crippen LogP contribution >= 0.6 is 11.8 Å². The molecular formula is C26H26N4OS. The number of hydrogen-bond acceptors (Lipinski definition) is 5. The van der Waals surface area contributed by atoms with E-state index in [2.05, 4.69) is 79.4 Å². The first kappa shape index (κ1) is 20.9. The molecule has 0 unspecified atom stereocenters. The Bertz CT molecular complexity index is 1290. The molecule has 6 heteroatoms. The van der Waals surface area contributed by atoms with Crippen LogP contribution in [-0.2, 0) is 12.2 Å². The lowest BCUT2D eigenvalue weighted by atomic mass is 9.81. The molecule has 0 saturated heterocycles. The fourth-order valence-electron chi connectivity index (χ4n) is 4.26. The first-order valence-electron chi connectivity index (χ1n) is 11.0. The molecule has 1 aliphatic carbocycles. The van der Waals surface area contributed by atoms with Gasteiger partial charge < -0.3 is 0 Å². The van der Waals surface area contributed by atoms with E-state index in [0.29, 0.717) is 28.8 Å². The van der Waals surface area contributed by atoms with Crippen molar-refractivity contribution in [2.45, 2.75) is 56.4 Å². The summed E-state index contributed by atoms with van der Waals surface area (Å²) in [6.07, 6.45) is 3.06. The summed E-state index contributed by atoms with van der Waals surface area (Å²) in [5.41, 5.74) is 6.50. The zero-order valence-electron chi connectivity index (χ0n) is 18.6. The minimum absolute atomic E-state index is 0.128. The molecule has 32 heavy (non-hydrogen) atoms. The summed E-state index contributed by atoms with van der Waals surface area (Å²) in [4.78, 5) is 22.3. The molecule has 0 N–H and O–H groups in total. The van der Waals surface area contributed by atoms with Crippen LogP contribution in [0.25, 0.3) is 5.78 Å². The van der Waals surface area contributed by atoms with Crippen molar-refractivity contribution in [1.82, 2.24) is 19.6 Å². The molecule has 0 amide bonds. The lowest BCUT2D eigenvalue weighted by Gasteiger charge is -2.23. The van der Waals surface area contributed by atoms with Crippen LogP contribution in [0.5, 0.6) is 0 Å². The number of aromatic nitrogens is 4. The van der Waals surface area contributed by atoms with Crippen molar-refractivity contribution in [2.75, 3.05) is 0 Å². The van der Waals surface area contributed by atoms with Gasteiger partial charge in [0.05, 0.1) is 11.3 Å². The SMILES string of the molecule is Cc1cccc(CSc2nc3nc4c(cn3n2)C(=O)C[C@H](c2ccc(C(C)C)cc2)C4)c1. The molecule has 1 aliphatic rings. The van der Waals surface area contributed by atoms with Crippen LogP contribution in [-0.4, -0.2) is 25.4 Å². The number of Topliss-reactive ketones (excluding diaryl/α,β-unsaturated/α-hetero) is 1. The second-order valence-corrected chi connectivity index (χ2v) is 9.81. The number of thioether (sulfide) groups is 1. The van der Waals surface area contributed by atoms with Gasteiger partial charge in [0.2, 0.25) is 5.16 Å². The van der Waals surface area contributed by atoms with Gasteiger partial charge in [0.25, 0.3) is 5.78 Å². The minimum atomic E-state index is 0.128. The Balaban J connectivity index is 1.38. The van der Waals surface area contributed by atoms with Crippen molar-refractivity contribution >= 4 is 23.3 Å². The Morgan fingerprint density at radius 1 is 1.09 bits per heavy atom. The van der Waals surface area contributed by atoms with Gasteiger partial charge in [-0.1, -0.05) is 79.7 Å². The van der Waals surface area contributed by atoms with Gasteiger partial charge >= 0.3 is 0 Å². The maximum atomic E-state index is 12.9. The number of benzene rings is 2. The molecule has 2 aromatic heterocycles. The predicted octanol–water partition coefficient (Wildman–Crippen LogP) is 5.76. The van der Waals surface area contributed by atoms with Crippen molar-refractivity contribution in [3.8, 4) is 0 Å². The van der Waals surface area contributed by atoms with E-state index in [-0.39, 0.29) is 11.7 Å². The van der Waals surface area contributed by atoms with E-state index in [0.717, 1.165) is 17.9 Å². The van der Waals surface area contributed by atoms with Crippen LogP contribution in [0, 0.1) is 6.92 Å². The van der Waals surface area contributed by atoms with Gasteiger partial charge in [0.15, 0.2) is 5.78 Å². The Morgan fingerprint density at radius 2 is 1.91 bits per heavy atom. The Hall–Kier alpha value is -2.99. The molecule has 0 aliphatic heterocycles. The van der Waals surface area contributed by atoms with Crippen molar-refractivity contribution in [1.29, 1.82) is 0 Å². The van der Waals surface area contributed by atoms with E-state index in [4.69, 9.17) is 4.98 Å². The van der Waals surface area contributed by atoms with Crippen LogP contribution in [0.4, 0.5) is 0 Å². The van der Waals surface area contributed by atoms with E-state index in [9.17, 15) is 4.79 Å². The standard InChI is InChI=1S/C26H26N4OS/c1-16(2)19-7-9-20(10-8-19)21-12-23-22(24(31)13-21)14-30-25(27-23)28-26(29-30)32-15-18-6-4-5-17(3)11-18/h4-11,14,16,21H,12-13,15H2,1-3H3/t21-/m1/s1. The molecule has 2 heterocycles. The Morgan fingerprint density at radius 3 is 2.66 bits per heavy atom. The molecule has 1 atom stereocenters. The lowest BCUT2D eigenvalue weighted by Crippen LogP contribution is -2.21. The summed E-state index contributed by atoms with van der Waals surface area (Å²) in [6.45, 7) is 6.47. The first-order valence-corrected chi connectivity index (χ1v) is 12.0. The van der Waals surface area contributed by atoms with Crippen LogP contribution in [0.3, 0.4) is 0 Å². The van der Waals surface area contributed by atoms with Gasteiger partial charge in [-0.3, -0.25) is 4.79 Å². The molecule has 5 nitrogen and oxygen atoms in total. The molecule has 0 bridgehead atoms.